The number of benzene rings is 3. The molecule has 33 heavy (non-hydrogen) atoms. The quantitative estimate of drug-likeness (QED) is 0.515. The van der Waals surface area contributed by atoms with Gasteiger partial charge in [-0.3, -0.25) is 4.79 Å². The summed E-state index contributed by atoms with van der Waals surface area (Å²) in [6.07, 6.45) is 0.231. The van der Waals surface area contributed by atoms with Crippen LogP contribution < -0.4 is 4.74 Å². The van der Waals surface area contributed by atoms with E-state index < -0.39 is 18.0 Å². The summed E-state index contributed by atoms with van der Waals surface area (Å²) in [6, 6.07) is 20.4. The molecule has 1 N–H and O–H groups in total. The highest BCUT2D eigenvalue weighted by Crippen LogP contribution is 2.40. The minimum absolute atomic E-state index is 0.0427. The number of aryl methyl sites for hydroxylation is 1. The second kappa shape index (κ2) is 9.59. The number of aliphatic hydroxyl groups excluding tert-OH is 1. The Morgan fingerprint density at radius 1 is 1.00 bits per heavy atom. The number of Topliss-reactive ketones (excluding diaryl/α,β-unsaturated/α-hetero) is 1. The molecule has 4 rings (SSSR count). The number of rotatable bonds is 6. The van der Waals surface area contributed by atoms with E-state index in [1.54, 1.807) is 24.3 Å². The van der Waals surface area contributed by atoms with Crippen LogP contribution in [0.5, 0.6) is 5.75 Å². The van der Waals surface area contributed by atoms with Crippen molar-refractivity contribution in [2.75, 3.05) is 7.11 Å². The van der Waals surface area contributed by atoms with Crippen molar-refractivity contribution in [1.29, 1.82) is 0 Å². The van der Waals surface area contributed by atoms with Gasteiger partial charge in [0, 0.05) is 11.1 Å². The van der Waals surface area contributed by atoms with Gasteiger partial charge in [-0.25, -0.2) is 4.79 Å². The molecule has 5 heteroatoms. The summed E-state index contributed by atoms with van der Waals surface area (Å²) in [5.74, 6) is -0.420. The predicted molar refractivity (Wildman–Crippen MR) is 127 cm³/mol. The van der Waals surface area contributed by atoms with Gasteiger partial charge in [0.1, 0.15) is 5.75 Å². The Balaban J connectivity index is 1.66. The largest absolute Gasteiger partial charge is 0.490 e. The molecule has 170 valence electrons. The van der Waals surface area contributed by atoms with Crippen LogP contribution in [-0.4, -0.2) is 30.1 Å². The number of fused-ring (bicyclic) bond motifs is 1. The second-order valence-electron chi connectivity index (χ2n) is 8.61. The minimum Gasteiger partial charge on any atom is -0.490 e. The van der Waals surface area contributed by atoms with Crippen LogP contribution >= 0.6 is 0 Å². The molecule has 1 aliphatic rings. The Hall–Kier alpha value is -3.44. The summed E-state index contributed by atoms with van der Waals surface area (Å²) in [5.41, 5.74) is 4.58. The third-order valence-electron chi connectivity index (χ3n) is 6.03. The third-order valence-corrected chi connectivity index (χ3v) is 6.03. The van der Waals surface area contributed by atoms with E-state index in [2.05, 4.69) is 0 Å². The average molecular weight is 445 g/mol. The van der Waals surface area contributed by atoms with Crippen molar-refractivity contribution in [2.45, 2.75) is 38.9 Å². The second-order valence-corrected chi connectivity index (χ2v) is 8.61. The molecule has 0 aromatic heterocycles. The highest BCUT2D eigenvalue weighted by Gasteiger charge is 2.34. The van der Waals surface area contributed by atoms with Crippen molar-refractivity contribution in [1.82, 2.24) is 0 Å². The maximum Gasteiger partial charge on any atom is 0.337 e. The van der Waals surface area contributed by atoms with Gasteiger partial charge < -0.3 is 14.6 Å². The van der Waals surface area contributed by atoms with Gasteiger partial charge in [0.25, 0.3) is 0 Å². The normalized spacial score (nSPS) is 16.3. The first-order valence-electron chi connectivity index (χ1n) is 11.2. The number of carbonyl (C=O) groups excluding carboxylic acids is 2. The van der Waals surface area contributed by atoms with E-state index in [-0.39, 0.29) is 11.9 Å². The predicted octanol–water partition coefficient (Wildman–Crippen LogP) is 5.41. The molecule has 0 aliphatic heterocycles. The molecule has 2 unspecified atom stereocenters. The fourth-order valence-corrected chi connectivity index (χ4v) is 4.37. The van der Waals surface area contributed by atoms with Crippen molar-refractivity contribution >= 4 is 11.8 Å². The highest BCUT2D eigenvalue weighted by atomic mass is 16.5. The van der Waals surface area contributed by atoms with Crippen LogP contribution in [0.1, 0.15) is 58.2 Å². The minimum atomic E-state index is -0.958. The fourth-order valence-electron chi connectivity index (χ4n) is 4.37. The van der Waals surface area contributed by atoms with Gasteiger partial charge in [-0.15, -0.1) is 0 Å². The Morgan fingerprint density at radius 3 is 2.33 bits per heavy atom. The van der Waals surface area contributed by atoms with Crippen LogP contribution in [0.25, 0.3) is 11.1 Å². The number of carbonyl (C=O) groups is 2. The van der Waals surface area contributed by atoms with E-state index >= 15 is 0 Å². The van der Waals surface area contributed by atoms with Crippen LogP contribution in [0.15, 0.2) is 66.7 Å². The smallest absolute Gasteiger partial charge is 0.337 e. The summed E-state index contributed by atoms with van der Waals surface area (Å²) in [6.45, 7) is 3.92. The summed E-state index contributed by atoms with van der Waals surface area (Å²) in [7, 11) is 1.32. The van der Waals surface area contributed by atoms with Crippen molar-refractivity contribution in [3.63, 3.8) is 0 Å². The van der Waals surface area contributed by atoms with Crippen molar-refractivity contribution in [2.24, 2.45) is 5.92 Å². The number of ketones is 1. The molecule has 0 heterocycles. The first-order chi connectivity index (χ1) is 15.9. The lowest BCUT2D eigenvalue weighted by Crippen LogP contribution is -2.28. The fraction of sp³-hybridized carbons (Fsp3) is 0.286. The first-order valence-corrected chi connectivity index (χ1v) is 11.2. The monoisotopic (exact) mass is 444 g/mol. The molecule has 0 amide bonds. The lowest BCUT2D eigenvalue weighted by molar-refractivity contribution is 0.0594. The van der Waals surface area contributed by atoms with Crippen LogP contribution in [0.2, 0.25) is 0 Å². The Kier molecular flexibility index (Phi) is 6.61. The molecule has 2 atom stereocenters. The zero-order valence-electron chi connectivity index (χ0n) is 19.1. The zero-order chi connectivity index (χ0) is 23.5. The van der Waals surface area contributed by atoms with Crippen LogP contribution in [0, 0.1) is 5.92 Å². The van der Waals surface area contributed by atoms with Gasteiger partial charge in [0.05, 0.1) is 30.8 Å². The first kappa shape index (κ1) is 22.7. The topological polar surface area (TPSA) is 72.8 Å². The molecule has 0 saturated carbocycles. The molecular weight excluding hydrogens is 416 g/mol. The van der Waals surface area contributed by atoms with Crippen LogP contribution in [0.3, 0.4) is 0 Å². The van der Waals surface area contributed by atoms with Gasteiger partial charge in [-0.2, -0.15) is 0 Å². The summed E-state index contributed by atoms with van der Waals surface area (Å²) in [5, 5.41) is 11.0. The number of hydrogen-bond donors (Lipinski definition) is 1. The maximum absolute atomic E-state index is 13.4. The summed E-state index contributed by atoms with van der Waals surface area (Å²) >= 11 is 0. The van der Waals surface area contributed by atoms with Gasteiger partial charge in [-0.05, 0) is 67.6 Å². The number of hydrogen-bond acceptors (Lipinski definition) is 5. The number of methoxy groups -OCH3 is 1. The number of ether oxygens (including phenoxy) is 2. The molecule has 5 nitrogen and oxygen atoms in total. The lowest BCUT2D eigenvalue weighted by Gasteiger charge is -2.29. The van der Waals surface area contributed by atoms with Crippen molar-refractivity contribution < 1.29 is 24.2 Å². The molecule has 0 fully saturated rings. The highest BCUT2D eigenvalue weighted by molar-refractivity contribution is 6.02. The van der Waals surface area contributed by atoms with Crippen LogP contribution in [-0.2, 0) is 11.2 Å². The van der Waals surface area contributed by atoms with Crippen molar-refractivity contribution in [3.8, 4) is 16.9 Å². The van der Waals surface area contributed by atoms with E-state index in [4.69, 9.17) is 9.47 Å². The maximum atomic E-state index is 13.4. The van der Waals surface area contributed by atoms with Gasteiger partial charge in [0.2, 0.25) is 0 Å². The zero-order valence-corrected chi connectivity index (χ0v) is 19.1. The van der Waals surface area contributed by atoms with Gasteiger partial charge in [0.15, 0.2) is 5.78 Å². The van der Waals surface area contributed by atoms with E-state index in [0.29, 0.717) is 35.3 Å². The van der Waals surface area contributed by atoms with Gasteiger partial charge >= 0.3 is 5.97 Å². The molecule has 3 aromatic carbocycles. The summed E-state index contributed by atoms with van der Waals surface area (Å²) < 4.78 is 10.8. The Labute approximate surface area is 194 Å². The molecule has 0 saturated heterocycles. The van der Waals surface area contributed by atoms with Crippen molar-refractivity contribution in [3.05, 3.63) is 89.0 Å². The number of aliphatic hydroxyl groups is 1. The van der Waals surface area contributed by atoms with E-state index in [9.17, 15) is 14.7 Å². The van der Waals surface area contributed by atoms with E-state index in [1.807, 2.05) is 56.3 Å². The standard InChI is InChI=1S/C28H28O5/c1-17(2)33-25-16-24-21(15-23(25)18-7-5-4-6-8-18)13-14-22(27(24)30)26(29)19-9-11-20(12-10-19)28(31)32-3/h4-12,15-17,22,26,29H,13-14H2,1-3H3. The molecule has 1 aliphatic carbocycles. The Morgan fingerprint density at radius 2 is 1.70 bits per heavy atom. The molecule has 0 spiro atoms. The molecule has 3 aromatic rings. The van der Waals surface area contributed by atoms with Crippen LogP contribution in [0.4, 0.5) is 0 Å². The summed E-state index contributed by atoms with van der Waals surface area (Å²) in [4.78, 5) is 25.1. The SMILES string of the molecule is COC(=O)c1ccc(C(O)C2CCc3cc(-c4ccccc4)c(OC(C)C)cc3C2=O)cc1. The third kappa shape index (κ3) is 4.69. The lowest BCUT2D eigenvalue weighted by atomic mass is 9.77. The molecular formula is C28H28O5. The average Bonchev–Trinajstić information content (AvgIpc) is 2.83. The van der Waals surface area contributed by atoms with E-state index in [1.165, 1.54) is 7.11 Å². The molecule has 0 bridgehead atoms. The molecule has 0 radical (unpaired) electrons. The Bertz CT molecular complexity index is 1150. The van der Waals surface area contributed by atoms with E-state index in [0.717, 1.165) is 16.7 Å². The number of esters is 1. The van der Waals surface area contributed by atoms with Gasteiger partial charge in [-0.1, -0.05) is 42.5 Å².